The molecule has 4 nitrogen and oxygen atoms in total. The maximum atomic E-state index is 5.41. The topological polar surface area (TPSA) is 47.3 Å². The van der Waals surface area contributed by atoms with Crippen LogP contribution in [0.25, 0.3) is 0 Å². The van der Waals surface area contributed by atoms with E-state index >= 15 is 0 Å². The van der Waals surface area contributed by atoms with Crippen molar-refractivity contribution in [3.05, 3.63) is 48.0 Å². The van der Waals surface area contributed by atoms with Crippen LogP contribution in [0.5, 0.6) is 5.88 Å². The second-order valence-electron chi connectivity index (χ2n) is 4.07. The van der Waals surface area contributed by atoms with Gasteiger partial charge in [0.1, 0.15) is 5.76 Å². The molecular weight excluding hydrogens is 228 g/mol. The molecule has 2 aromatic heterocycles. The van der Waals surface area contributed by atoms with Gasteiger partial charge >= 0.3 is 0 Å². The molecule has 2 aromatic rings. The van der Waals surface area contributed by atoms with Crippen LogP contribution in [0, 0.1) is 0 Å². The van der Waals surface area contributed by atoms with Gasteiger partial charge in [0.25, 0.3) is 0 Å². The molecule has 2 heterocycles. The van der Waals surface area contributed by atoms with Gasteiger partial charge in [-0.3, -0.25) is 0 Å². The van der Waals surface area contributed by atoms with Gasteiger partial charge in [0.2, 0.25) is 5.88 Å². The van der Waals surface area contributed by atoms with Crippen LogP contribution in [0.1, 0.15) is 30.7 Å². The van der Waals surface area contributed by atoms with Crippen molar-refractivity contribution in [1.82, 2.24) is 10.3 Å². The normalized spacial score (nSPS) is 12.3. The number of hydrogen-bond acceptors (Lipinski definition) is 4. The number of rotatable bonds is 6. The van der Waals surface area contributed by atoms with Gasteiger partial charge in [-0.2, -0.15) is 0 Å². The third kappa shape index (κ3) is 3.11. The summed E-state index contributed by atoms with van der Waals surface area (Å²) in [7, 11) is 1.62. The number of hydrogen-bond donors (Lipinski definition) is 1. The summed E-state index contributed by atoms with van der Waals surface area (Å²) in [4.78, 5) is 4.18. The lowest BCUT2D eigenvalue weighted by Crippen LogP contribution is -2.19. The molecule has 18 heavy (non-hydrogen) atoms. The Morgan fingerprint density at radius 1 is 1.39 bits per heavy atom. The van der Waals surface area contributed by atoms with Crippen molar-refractivity contribution >= 4 is 0 Å². The second-order valence-corrected chi connectivity index (χ2v) is 4.07. The second kappa shape index (κ2) is 6.21. The van der Waals surface area contributed by atoms with Crippen molar-refractivity contribution < 1.29 is 9.15 Å². The molecule has 2 rings (SSSR count). The van der Waals surface area contributed by atoms with Crippen LogP contribution < -0.4 is 10.1 Å². The molecule has 0 aromatic carbocycles. The predicted octanol–water partition coefficient (Wildman–Crippen LogP) is 2.92. The van der Waals surface area contributed by atoms with Crippen LogP contribution in [0.15, 0.2) is 41.1 Å². The van der Waals surface area contributed by atoms with Gasteiger partial charge in [0, 0.05) is 18.8 Å². The van der Waals surface area contributed by atoms with Gasteiger partial charge in [-0.1, -0.05) is 13.0 Å². The van der Waals surface area contributed by atoms with Crippen LogP contribution in [0.2, 0.25) is 0 Å². The third-order valence-electron chi connectivity index (χ3n) is 2.85. The van der Waals surface area contributed by atoms with Crippen molar-refractivity contribution in [3.63, 3.8) is 0 Å². The van der Waals surface area contributed by atoms with Crippen molar-refractivity contribution in [2.24, 2.45) is 0 Å². The van der Waals surface area contributed by atoms with Crippen LogP contribution in [-0.2, 0) is 6.54 Å². The molecule has 0 aliphatic heterocycles. The van der Waals surface area contributed by atoms with Gasteiger partial charge < -0.3 is 14.5 Å². The molecule has 0 fully saturated rings. The molecule has 1 atom stereocenters. The molecule has 96 valence electrons. The number of aromatic nitrogens is 1. The molecule has 0 saturated carbocycles. The lowest BCUT2D eigenvalue weighted by Gasteiger charge is -2.14. The Balaban J connectivity index is 1.93. The molecular formula is C14H18N2O2. The zero-order chi connectivity index (χ0) is 12.8. The number of furan rings is 1. The molecule has 0 saturated heterocycles. The summed E-state index contributed by atoms with van der Waals surface area (Å²) >= 11 is 0. The smallest absolute Gasteiger partial charge is 0.212 e. The third-order valence-corrected chi connectivity index (χ3v) is 2.85. The minimum atomic E-state index is 0.238. The maximum absolute atomic E-state index is 5.41. The van der Waals surface area contributed by atoms with E-state index in [0.717, 1.165) is 24.3 Å². The van der Waals surface area contributed by atoms with Gasteiger partial charge in [-0.05, 0) is 24.1 Å². The summed E-state index contributed by atoms with van der Waals surface area (Å²) in [5.74, 6) is 1.61. The van der Waals surface area contributed by atoms with Crippen molar-refractivity contribution in [2.45, 2.75) is 25.9 Å². The van der Waals surface area contributed by atoms with Crippen LogP contribution in [0.3, 0.4) is 0 Å². The van der Waals surface area contributed by atoms with Crippen LogP contribution in [0.4, 0.5) is 0 Å². The number of ether oxygens (including phenoxy) is 1. The standard InChI is InChI=1S/C14H18N2O2/c1-3-12(13-5-4-8-18-13)15-9-11-6-7-14(17-2)16-10-11/h4-8,10,12,15H,3,9H2,1-2H3. The molecule has 0 radical (unpaired) electrons. The van der Waals surface area contributed by atoms with Gasteiger partial charge in [-0.15, -0.1) is 0 Å². The fourth-order valence-electron chi connectivity index (χ4n) is 1.81. The van der Waals surface area contributed by atoms with Crippen LogP contribution in [-0.4, -0.2) is 12.1 Å². The molecule has 0 aliphatic carbocycles. The monoisotopic (exact) mass is 246 g/mol. The first kappa shape index (κ1) is 12.6. The first-order valence-electron chi connectivity index (χ1n) is 6.09. The van der Waals surface area contributed by atoms with E-state index in [1.54, 1.807) is 13.4 Å². The molecule has 0 spiro atoms. The molecule has 4 heteroatoms. The Kier molecular flexibility index (Phi) is 4.36. The SMILES string of the molecule is CCC(NCc1ccc(OC)nc1)c1ccco1. The average Bonchev–Trinajstić information content (AvgIpc) is 2.94. The highest BCUT2D eigenvalue weighted by molar-refractivity contribution is 5.18. The predicted molar refractivity (Wildman–Crippen MR) is 69.4 cm³/mol. The van der Waals surface area contributed by atoms with E-state index in [-0.39, 0.29) is 6.04 Å². The van der Waals surface area contributed by atoms with E-state index in [0.29, 0.717) is 5.88 Å². The van der Waals surface area contributed by atoms with E-state index in [4.69, 9.17) is 9.15 Å². The molecule has 0 bridgehead atoms. The van der Waals surface area contributed by atoms with E-state index in [1.165, 1.54) is 0 Å². The zero-order valence-electron chi connectivity index (χ0n) is 10.7. The van der Waals surface area contributed by atoms with Gasteiger partial charge in [-0.25, -0.2) is 4.98 Å². The zero-order valence-corrected chi connectivity index (χ0v) is 10.7. The first-order chi connectivity index (χ1) is 8.83. The summed E-state index contributed by atoms with van der Waals surface area (Å²) in [6, 6.07) is 8.02. The molecule has 0 amide bonds. The highest BCUT2D eigenvalue weighted by Gasteiger charge is 2.11. The quantitative estimate of drug-likeness (QED) is 0.851. The lowest BCUT2D eigenvalue weighted by atomic mass is 10.1. The van der Waals surface area contributed by atoms with Crippen molar-refractivity contribution in [2.75, 3.05) is 7.11 Å². The minimum Gasteiger partial charge on any atom is -0.481 e. The Labute approximate surface area is 107 Å². The number of nitrogens with zero attached hydrogens (tertiary/aromatic N) is 1. The highest BCUT2D eigenvalue weighted by Crippen LogP contribution is 2.17. The Morgan fingerprint density at radius 3 is 2.83 bits per heavy atom. The number of nitrogens with one attached hydrogen (secondary N) is 1. The summed E-state index contributed by atoms with van der Waals surface area (Å²) in [5.41, 5.74) is 1.13. The lowest BCUT2D eigenvalue weighted by molar-refractivity contribution is 0.395. The Hall–Kier alpha value is -1.81. The Bertz CT molecular complexity index is 451. The van der Waals surface area contributed by atoms with E-state index < -0.39 is 0 Å². The van der Waals surface area contributed by atoms with Gasteiger partial charge in [0.05, 0.1) is 19.4 Å². The van der Waals surface area contributed by atoms with Crippen molar-refractivity contribution in [3.8, 4) is 5.88 Å². The van der Waals surface area contributed by atoms with E-state index in [2.05, 4.69) is 17.2 Å². The Morgan fingerprint density at radius 2 is 2.28 bits per heavy atom. The molecule has 1 N–H and O–H groups in total. The first-order valence-corrected chi connectivity index (χ1v) is 6.09. The van der Waals surface area contributed by atoms with E-state index in [1.807, 2.05) is 30.5 Å². The largest absolute Gasteiger partial charge is 0.481 e. The van der Waals surface area contributed by atoms with Crippen LogP contribution >= 0.6 is 0 Å². The number of methoxy groups -OCH3 is 1. The van der Waals surface area contributed by atoms with Gasteiger partial charge in [0.15, 0.2) is 0 Å². The van der Waals surface area contributed by atoms with Crippen molar-refractivity contribution in [1.29, 1.82) is 0 Å². The highest BCUT2D eigenvalue weighted by atomic mass is 16.5. The minimum absolute atomic E-state index is 0.238. The summed E-state index contributed by atoms with van der Waals surface area (Å²) < 4.78 is 10.4. The fourth-order valence-corrected chi connectivity index (χ4v) is 1.81. The summed E-state index contributed by atoms with van der Waals surface area (Å²) in [5, 5.41) is 3.45. The molecule has 1 unspecified atom stereocenters. The summed E-state index contributed by atoms with van der Waals surface area (Å²) in [6.07, 6.45) is 4.51. The summed E-state index contributed by atoms with van der Waals surface area (Å²) in [6.45, 7) is 2.89. The van der Waals surface area contributed by atoms with E-state index in [9.17, 15) is 0 Å². The average molecular weight is 246 g/mol. The maximum Gasteiger partial charge on any atom is 0.212 e. The fraction of sp³-hybridized carbons (Fsp3) is 0.357. The number of pyridine rings is 1. The molecule has 0 aliphatic rings.